The molecule has 3 saturated heterocycles. The lowest BCUT2D eigenvalue weighted by atomic mass is 9.91. The van der Waals surface area contributed by atoms with Gasteiger partial charge >= 0.3 is 0 Å². The number of halogens is 2. The van der Waals surface area contributed by atoms with Gasteiger partial charge in [0, 0.05) is 26.7 Å². The first kappa shape index (κ1) is 22.3. The minimum atomic E-state index is 0.137. The molecule has 0 unspecified atom stereocenters. The van der Waals surface area contributed by atoms with Crippen LogP contribution in [0.5, 0.6) is 0 Å². The van der Waals surface area contributed by atoms with Gasteiger partial charge in [0.2, 0.25) is 5.91 Å². The summed E-state index contributed by atoms with van der Waals surface area (Å²) in [5.41, 5.74) is 0.901. The summed E-state index contributed by atoms with van der Waals surface area (Å²) < 4.78 is 11.4. The van der Waals surface area contributed by atoms with Gasteiger partial charge < -0.3 is 14.4 Å². The predicted octanol–water partition coefficient (Wildman–Crippen LogP) is 2.56. The van der Waals surface area contributed by atoms with E-state index in [1.54, 1.807) is 19.2 Å². The van der Waals surface area contributed by atoms with Crippen LogP contribution in [0.15, 0.2) is 18.2 Å². The Bertz CT molecular complexity index is 744. The van der Waals surface area contributed by atoms with Crippen molar-refractivity contribution in [3.05, 3.63) is 33.8 Å². The van der Waals surface area contributed by atoms with Crippen molar-refractivity contribution < 1.29 is 14.3 Å². The van der Waals surface area contributed by atoms with Crippen LogP contribution in [-0.4, -0.2) is 98.4 Å². The standard InChI is InChI=1S/C22H31Cl2N3O3/c1-29-11-10-26-8-9-27(21(28)13-16-4-5-17(23)18(24)12-16)22-19(14-30-15-20(22)26)25-6-2-3-7-25/h4-5,12,19-20,22H,2-3,6-11,13-15H2,1H3/t19-,20+,22+/m1/s1. The van der Waals surface area contributed by atoms with E-state index in [0.29, 0.717) is 36.3 Å². The Labute approximate surface area is 189 Å². The van der Waals surface area contributed by atoms with Crippen LogP contribution in [0, 0.1) is 0 Å². The molecule has 1 amide bonds. The van der Waals surface area contributed by atoms with E-state index in [0.717, 1.165) is 38.3 Å². The number of nitrogens with zero attached hydrogens (tertiary/aromatic N) is 3. The number of amides is 1. The number of carbonyl (C=O) groups is 1. The Kier molecular flexibility index (Phi) is 7.55. The summed E-state index contributed by atoms with van der Waals surface area (Å²) in [5, 5.41) is 1.00. The zero-order chi connectivity index (χ0) is 21.1. The number of hydrogen-bond acceptors (Lipinski definition) is 5. The van der Waals surface area contributed by atoms with Crippen LogP contribution in [0.2, 0.25) is 10.0 Å². The molecular formula is C22H31Cl2N3O3. The number of ether oxygens (including phenoxy) is 2. The summed E-state index contributed by atoms with van der Waals surface area (Å²) in [5.74, 6) is 0.154. The fourth-order valence-corrected chi connectivity index (χ4v) is 5.47. The number of piperazine rings is 1. The van der Waals surface area contributed by atoms with Crippen LogP contribution < -0.4 is 0 Å². The molecule has 0 aliphatic carbocycles. The first-order valence-corrected chi connectivity index (χ1v) is 11.6. The molecule has 3 fully saturated rings. The number of rotatable bonds is 6. The van der Waals surface area contributed by atoms with Crippen molar-refractivity contribution in [2.45, 2.75) is 37.4 Å². The lowest BCUT2D eigenvalue weighted by molar-refractivity contribution is -0.153. The highest BCUT2D eigenvalue weighted by molar-refractivity contribution is 6.42. The van der Waals surface area contributed by atoms with Crippen LogP contribution in [-0.2, 0) is 20.7 Å². The molecule has 0 spiro atoms. The van der Waals surface area contributed by atoms with Crippen molar-refractivity contribution in [1.82, 2.24) is 14.7 Å². The van der Waals surface area contributed by atoms with Gasteiger partial charge in [0.15, 0.2) is 0 Å². The molecule has 3 atom stereocenters. The van der Waals surface area contributed by atoms with E-state index in [1.165, 1.54) is 12.8 Å². The zero-order valence-corrected chi connectivity index (χ0v) is 19.1. The maximum absolute atomic E-state index is 13.4. The van der Waals surface area contributed by atoms with Gasteiger partial charge in [0.1, 0.15) is 0 Å². The number of fused-ring (bicyclic) bond motifs is 1. The van der Waals surface area contributed by atoms with E-state index >= 15 is 0 Å². The summed E-state index contributed by atoms with van der Waals surface area (Å²) in [6, 6.07) is 6.04. The molecule has 0 radical (unpaired) electrons. The van der Waals surface area contributed by atoms with Crippen molar-refractivity contribution in [1.29, 1.82) is 0 Å². The van der Waals surface area contributed by atoms with Crippen LogP contribution in [0.3, 0.4) is 0 Å². The maximum Gasteiger partial charge on any atom is 0.227 e. The first-order valence-electron chi connectivity index (χ1n) is 10.9. The van der Waals surface area contributed by atoms with E-state index in [-0.39, 0.29) is 24.0 Å². The van der Waals surface area contributed by atoms with Gasteiger partial charge in [-0.05, 0) is 43.6 Å². The number of methoxy groups -OCH3 is 1. The lowest BCUT2D eigenvalue weighted by Crippen LogP contribution is -2.71. The van der Waals surface area contributed by atoms with Crippen LogP contribution >= 0.6 is 23.2 Å². The average Bonchev–Trinajstić information content (AvgIpc) is 3.29. The topological polar surface area (TPSA) is 45.2 Å². The average molecular weight is 456 g/mol. The Morgan fingerprint density at radius 3 is 2.60 bits per heavy atom. The third kappa shape index (κ3) is 4.79. The van der Waals surface area contributed by atoms with Crippen LogP contribution in [0.4, 0.5) is 0 Å². The summed E-state index contributed by atoms with van der Waals surface area (Å²) in [6.07, 6.45) is 2.78. The lowest BCUT2D eigenvalue weighted by Gasteiger charge is -2.54. The molecule has 3 aliphatic heterocycles. The normalized spacial score (nSPS) is 28.0. The molecule has 4 rings (SSSR count). The molecule has 0 N–H and O–H groups in total. The van der Waals surface area contributed by atoms with Gasteiger partial charge in [-0.3, -0.25) is 14.6 Å². The van der Waals surface area contributed by atoms with Crippen LogP contribution in [0.25, 0.3) is 0 Å². The minimum Gasteiger partial charge on any atom is -0.383 e. The summed E-state index contributed by atoms with van der Waals surface area (Å²) in [7, 11) is 1.74. The van der Waals surface area contributed by atoms with E-state index in [1.807, 2.05) is 6.07 Å². The third-order valence-electron chi connectivity index (χ3n) is 6.67. The predicted molar refractivity (Wildman–Crippen MR) is 118 cm³/mol. The molecule has 0 aromatic heterocycles. The molecule has 166 valence electrons. The quantitative estimate of drug-likeness (QED) is 0.659. The molecule has 1 aromatic rings. The smallest absolute Gasteiger partial charge is 0.227 e. The fraction of sp³-hybridized carbons (Fsp3) is 0.682. The maximum atomic E-state index is 13.4. The van der Waals surface area contributed by atoms with Crippen molar-refractivity contribution in [3.63, 3.8) is 0 Å². The zero-order valence-electron chi connectivity index (χ0n) is 17.6. The second-order valence-electron chi connectivity index (χ2n) is 8.45. The molecule has 3 aliphatic rings. The van der Waals surface area contributed by atoms with Gasteiger partial charge in [0.25, 0.3) is 0 Å². The Hall–Kier alpha value is -0.890. The van der Waals surface area contributed by atoms with Gasteiger partial charge in [0.05, 0.1) is 54.4 Å². The van der Waals surface area contributed by atoms with Gasteiger partial charge in [-0.2, -0.15) is 0 Å². The molecule has 0 saturated carbocycles. The molecule has 0 bridgehead atoms. The fourth-order valence-electron chi connectivity index (χ4n) is 5.15. The van der Waals surface area contributed by atoms with Crippen LogP contribution in [0.1, 0.15) is 18.4 Å². The third-order valence-corrected chi connectivity index (χ3v) is 7.41. The Morgan fingerprint density at radius 2 is 1.87 bits per heavy atom. The van der Waals surface area contributed by atoms with Crippen molar-refractivity contribution >= 4 is 29.1 Å². The van der Waals surface area contributed by atoms with Crippen molar-refractivity contribution in [2.75, 3.05) is 59.7 Å². The van der Waals surface area contributed by atoms with Gasteiger partial charge in [-0.15, -0.1) is 0 Å². The molecule has 6 nitrogen and oxygen atoms in total. The summed E-state index contributed by atoms with van der Waals surface area (Å²) >= 11 is 12.2. The van der Waals surface area contributed by atoms with E-state index in [2.05, 4.69) is 14.7 Å². The number of likely N-dealkylation sites (tertiary alicyclic amines) is 1. The summed E-state index contributed by atoms with van der Waals surface area (Å²) in [4.78, 5) is 20.5. The summed E-state index contributed by atoms with van der Waals surface area (Å²) in [6.45, 7) is 6.65. The van der Waals surface area contributed by atoms with Crippen molar-refractivity contribution in [2.24, 2.45) is 0 Å². The SMILES string of the molecule is COCCN1CCN(C(=O)Cc2ccc(Cl)c(Cl)c2)[C@H]2[C@H](N3CCCC3)COC[C@@H]21. The monoisotopic (exact) mass is 455 g/mol. The highest BCUT2D eigenvalue weighted by atomic mass is 35.5. The highest BCUT2D eigenvalue weighted by Gasteiger charge is 2.47. The second-order valence-corrected chi connectivity index (χ2v) is 9.26. The Morgan fingerprint density at radius 1 is 1.10 bits per heavy atom. The molecule has 1 aromatic carbocycles. The largest absolute Gasteiger partial charge is 0.383 e. The van der Waals surface area contributed by atoms with E-state index in [9.17, 15) is 4.79 Å². The number of hydrogen-bond donors (Lipinski definition) is 0. The van der Waals surface area contributed by atoms with E-state index < -0.39 is 0 Å². The van der Waals surface area contributed by atoms with E-state index in [4.69, 9.17) is 32.7 Å². The first-order chi connectivity index (χ1) is 14.6. The Balaban J connectivity index is 1.55. The minimum absolute atomic E-state index is 0.137. The molecule has 3 heterocycles. The second kappa shape index (κ2) is 10.2. The molecular weight excluding hydrogens is 425 g/mol. The number of carbonyl (C=O) groups excluding carboxylic acids is 1. The molecule has 8 heteroatoms. The van der Waals surface area contributed by atoms with Gasteiger partial charge in [-0.1, -0.05) is 29.3 Å². The highest BCUT2D eigenvalue weighted by Crippen LogP contribution is 2.30. The van der Waals surface area contributed by atoms with Crippen molar-refractivity contribution in [3.8, 4) is 0 Å². The molecule has 30 heavy (non-hydrogen) atoms. The van der Waals surface area contributed by atoms with Gasteiger partial charge in [-0.25, -0.2) is 0 Å². The number of benzene rings is 1.